The van der Waals surface area contributed by atoms with E-state index in [1.165, 1.54) is 6.42 Å². The molecule has 88 valence electrons. The minimum Gasteiger partial charge on any atom is -0.366 e. The highest BCUT2D eigenvalue weighted by Gasteiger charge is 2.24. The van der Waals surface area contributed by atoms with E-state index in [1.807, 2.05) is 18.3 Å². The molecule has 2 rings (SSSR count). The largest absolute Gasteiger partial charge is 0.366 e. The quantitative estimate of drug-likeness (QED) is 0.904. The van der Waals surface area contributed by atoms with Crippen molar-refractivity contribution in [3.63, 3.8) is 0 Å². The summed E-state index contributed by atoms with van der Waals surface area (Å²) in [6.45, 7) is 4.61. The first-order valence-corrected chi connectivity index (χ1v) is 6.51. The molecule has 2 unspecified atom stereocenters. The Kier molecular flexibility index (Phi) is 3.82. The van der Waals surface area contributed by atoms with Gasteiger partial charge >= 0.3 is 0 Å². The number of rotatable bonds is 2. The maximum atomic E-state index is 4.35. The van der Waals surface area contributed by atoms with E-state index in [0.717, 1.165) is 23.4 Å². The van der Waals surface area contributed by atoms with Crippen LogP contribution in [0, 0.1) is 5.92 Å². The molecule has 0 saturated carbocycles. The number of nitrogens with zero attached hydrogens (tertiary/aromatic N) is 2. The molecule has 4 heteroatoms. The van der Waals surface area contributed by atoms with Gasteiger partial charge in [-0.1, -0.05) is 6.92 Å². The number of pyridine rings is 1. The number of hydrogen-bond acceptors (Lipinski definition) is 3. The van der Waals surface area contributed by atoms with E-state index in [0.29, 0.717) is 12.0 Å². The molecular formula is C12H18BrN3. The van der Waals surface area contributed by atoms with E-state index in [2.05, 4.69) is 45.1 Å². The van der Waals surface area contributed by atoms with Gasteiger partial charge in [-0.25, -0.2) is 4.98 Å². The summed E-state index contributed by atoms with van der Waals surface area (Å²) in [5.74, 6) is 1.62. The van der Waals surface area contributed by atoms with Gasteiger partial charge < -0.3 is 10.2 Å². The summed E-state index contributed by atoms with van der Waals surface area (Å²) in [7, 11) is 2.18. The Morgan fingerprint density at radius 2 is 2.38 bits per heavy atom. The summed E-state index contributed by atoms with van der Waals surface area (Å²) in [5.41, 5.74) is 0. The standard InChI is InChI=1S/C12H18BrN3/c1-9-8-16(2)7-5-11(9)15-12-10(13)4-3-6-14-12/h3-4,6,9,11H,5,7-8H2,1-2H3,(H,14,15). The number of piperidine rings is 1. The second-order valence-corrected chi connectivity index (χ2v) is 5.47. The molecule has 3 nitrogen and oxygen atoms in total. The molecule has 0 aromatic carbocycles. The third-order valence-electron chi connectivity index (χ3n) is 3.19. The Morgan fingerprint density at radius 1 is 1.56 bits per heavy atom. The molecule has 1 aromatic rings. The molecule has 1 aromatic heterocycles. The van der Waals surface area contributed by atoms with Crippen LogP contribution in [0.1, 0.15) is 13.3 Å². The van der Waals surface area contributed by atoms with Crippen LogP contribution in [0.15, 0.2) is 22.8 Å². The Balaban J connectivity index is 2.02. The zero-order valence-corrected chi connectivity index (χ0v) is 11.4. The van der Waals surface area contributed by atoms with Gasteiger partial charge in [0.15, 0.2) is 0 Å². The molecule has 1 saturated heterocycles. The fraction of sp³-hybridized carbons (Fsp3) is 0.583. The summed E-state index contributed by atoms with van der Waals surface area (Å²) < 4.78 is 1.04. The first kappa shape index (κ1) is 11.9. The van der Waals surface area contributed by atoms with Gasteiger partial charge in [-0.15, -0.1) is 0 Å². The second kappa shape index (κ2) is 5.15. The van der Waals surface area contributed by atoms with Crippen LogP contribution < -0.4 is 5.32 Å². The maximum absolute atomic E-state index is 4.35. The van der Waals surface area contributed by atoms with E-state index >= 15 is 0 Å². The van der Waals surface area contributed by atoms with E-state index in [-0.39, 0.29) is 0 Å². The topological polar surface area (TPSA) is 28.2 Å². The molecule has 1 aliphatic rings. The molecule has 2 heterocycles. The minimum absolute atomic E-state index is 0.530. The Labute approximate surface area is 105 Å². The van der Waals surface area contributed by atoms with Crippen LogP contribution in [0.5, 0.6) is 0 Å². The average molecular weight is 284 g/mol. The van der Waals surface area contributed by atoms with Crippen molar-refractivity contribution in [2.24, 2.45) is 5.92 Å². The molecular weight excluding hydrogens is 266 g/mol. The van der Waals surface area contributed by atoms with Gasteiger partial charge in [0.05, 0.1) is 4.47 Å². The number of hydrogen-bond donors (Lipinski definition) is 1. The minimum atomic E-state index is 0.530. The monoisotopic (exact) mass is 283 g/mol. The highest BCUT2D eigenvalue weighted by molar-refractivity contribution is 9.10. The summed E-state index contributed by atoms with van der Waals surface area (Å²) in [6, 6.07) is 4.49. The lowest BCUT2D eigenvalue weighted by atomic mass is 9.94. The van der Waals surface area contributed by atoms with E-state index in [4.69, 9.17) is 0 Å². The third kappa shape index (κ3) is 2.74. The third-order valence-corrected chi connectivity index (χ3v) is 3.83. The zero-order chi connectivity index (χ0) is 11.5. The summed E-state index contributed by atoms with van der Waals surface area (Å²) in [5, 5.41) is 3.53. The fourth-order valence-corrected chi connectivity index (χ4v) is 2.61. The van der Waals surface area contributed by atoms with Crippen molar-refractivity contribution in [3.8, 4) is 0 Å². The van der Waals surface area contributed by atoms with E-state index in [1.54, 1.807) is 0 Å². The lowest BCUT2D eigenvalue weighted by molar-refractivity contribution is 0.206. The number of aromatic nitrogens is 1. The smallest absolute Gasteiger partial charge is 0.140 e. The SMILES string of the molecule is CC1CN(C)CCC1Nc1ncccc1Br. The molecule has 1 aliphatic heterocycles. The summed E-state index contributed by atoms with van der Waals surface area (Å²) in [4.78, 5) is 6.74. The molecule has 2 atom stereocenters. The van der Waals surface area contributed by atoms with Gasteiger partial charge in [0, 0.05) is 18.8 Å². The Morgan fingerprint density at radius 3 is 3.06 bits per heavy atom. The van der Waals surface area contributed by atoms with E-state index < -0.39 is 0 Å². The molecule has 0 radical (unpaired) electrons. The van der Waals surface area contributed by atoms with Crippen molar-refractivity contribution in [2.75, 3.05) is 25.5 Å². The lowest BCUT2D eigenvalue weighted by Gasteiger charge is -2.35. The van der Waals surface area contributed by atoms with Crippen LogP contribution in [0.3, 0.4) is 0 Å². The Bertz CT molecular complexity index is 356. The van der Waals surface area contributed by atoms with Crippen molar-refractivity contribution < 1.29 is 0 Å². The lowest BCUT2D eigenvalue weighted by Crippen LogP contribution is -2.43. The summed E-state index contributed by atoms with van der Waals surface area (Å²) >= 11 is 3.52. The fourth-order valence-electron chi connectivity index (χ4n) is 2.24. The van der Waals surface area contributed by atoms with Crippen molar-refractivity contribution >= 4 is 21.7 Å². The number of halogens is 1. The van der Waals surface area contributed by atoms with Gasteiger partial charge in [0.1, 0.15) is 5.82 Å². The van der Waals surface area contributed by atoms with Crippen LogP contribution in [0.2, 0.25) is 0 Å². The number of anilines is 1. The predicted octanol–water partition coefficient (Wildman–Crippen LogP) is 2.60. The maximum Gasteiger partial charge on any atom is 0.140 e. The average Bonchev–Trinajstić information content (AvgIpc) is 2.25. The highest BCUT2D eigenvalue weighted by atomic mass is 79.9. The van der Waals surface area contributed by atoms with Gasteiger partial charge in [-0.2, -0.15) is 0 Å². The Hall–Kier alpha value is -0.610. The van der Waals surface area contributed by atoms with Crippen molar-refractivity contribution in [2.45, 2.75) is 19.4 Å². The van der Waals surface area contributed by atoms with E-state index in [9.17, 15) is 0 Å². The van der Waals surface area contributed by atoms with Crippen molar-refractivity contribution in [1.29, 1.82) is 0 Å². The van der Waals surface area contributed by atoms with Gasteiger partial charge in [-0.3, -0.25) is 0 Å². The molecule has 1 fully saturated rings. The van der Waals surface area contributed by atoms with Crippen molar-refractivity contribution in [1.82, 2.24) is 9.88 Å². The summed E-state index contributed by atoms with van der Waals surface area (Å²) in [6.07, 6.45) is 3.01. The van der Waals surface area contributed by atoms with Gasteiger partial charge in [-0.05, 0) is 54.0 Å². The van der Waals surface area contributed by atoms with Crippen LogP contribution >= 0.6 is 15.9 Å². The molecule has 0 amide bonds. The molecule has 0 aliphatic carbocycles. The van der Waals surface area contributed by atoms with Crippen LogP contribution in [0.25, 0.3) is 0 Å². The van der Waals surface area contributed by atoms with Gasteiger partial charge in [0.25, 0.3) is 0 Å². The highest BCUT2D eigenvalue weighted by Crippen LogP contribution is 2.24. The number of likely N-dealkylation sites (tertiary alicyclic amines) is 1. The van der Waals surface area contributed by atoms with Crippen LogP contribution in [0.4, 0.5) is 5.82 Å². The first-order chi connectivity index (χ1) is 7.66. The van der Waals surface area contributed by atoms with Gasteiger partial charge in [0.2, 0.25) is 0 Å². The predicted molar refractivity (Wildman–Crippen MR) is 70.6 cm³/mol. The second-order valence-electron chi connectivity index (χ2n) is 4.61. The zero-order valence-electron chi connectivity index (χ0n) is 9.78. The van der Waals surface area contributed by atoms with Crippen LogP contribution in [-0.2, 0) is 0 Å². The number of nitrogens with one attached hydrogen (secondary N) is 1. The molecule has 1 N–H and O–H groups in total. The normalized spacial score (nSPS) is 26.7. The molecule has 0 spiro atoms. The van der Waals surface area contributed by atoms with Crippen molar-refractivity contribution in [3.05, 3.63) is 22.8 Å². The van der Waals surface area contributed by atoms with Crippen LogP contribution in [-0.4, -0.2) is 36.1 Å². The molecule has 16 heavy (non-hydrogen) atoms. The first-order valence-electron chi connectivity index (χ1n) is 5.72. The molecule has 0 bridgehead atoms.